The van der Waals surface area contributed by atoms with Gasteiger partial charge in [0.1, 0.15) is 11.6 Å². The molecule has 0 atom stereocenters. The number of halogens is 1. The van der Waals surface area contributed by atoms with Crippen LogP contribution in [0.3, 0.4) is 0 Å². The van der Waals surface area contributed by atoms with Crippen molar-refractivity contribution in [3.05, 3.63) is 43.0 Å². The first-order valence-corrected chi connectivity index (χ1v) is 6.86. The van der Waals surface area contributed by atoms with Crippen LogP contribution in [0.5, 0.6) is 0 Å². The highest BCUT2D eigenvalue weighted by Gasteiger charge is 2.11. The molecule has 0 aromatic carbocycles. The molecule has 0 aliphatic carbocycles. The minimum atomic E-state index is -0.491. The molecule has 0 bridgehead atoms. The van der Waals surface area contributed by atoms with E-state index in [9.17, 15) is 10.1 Å². The summed E-state index contributed by atoms with van der Waals surface area (Å²) in [7, 11) is 0. The predicted molar refractivity (Wildman–Crippen MR) is 78.0 cm³/mol. The number of nitrogens with two attached hydrogens (primary N) is 1. The van der Waals surface area contributed by atoms with Gasteiger partial charge >= 0.3 is 0 Å². The fraction of sp³-hybridized carbons (Fsp3) is 0.100. The van der Waals surface area contributed by atoms with Crippen LogP contribution in [-0.2, 0) is 6.54 Å². The summed E-state index contributed by atoms with van der Waals surface area (Å²) in [5.74, 6) is 5.86. The molecule has 0 radical (unpaired) electrons. The summed E-state index contributed by atoms with van der Waals surface area (Å²) in [6, 6.07) is 4.57. The number of thiophene rings is 1. The van der Waals surface area contributed by atoms with Gasteiger partial charge in [-0.3, -0.25) is 10.1 Å². The molecule has 2 aromatic rings. The zero-order chi connectivity index (χ0) is 13.8. The molecule has 2 aromatic heterocycles. The van der Waals surface area contributed by atoms with Gasteiger partial charge in [0.2, 0.25) is 0 Å². The molecule has 4 N–H and O–H groups in total. The summed E-state index contributed by atoms with van der Waals surface area (Å²) in [6.07, 6.45) is 0. The van der Waals surface area contributed by atoms with Gasteiger partial charge in [-0.1, -0.05) is 0 Å². The normalized spacial score (nSPS) is 10.2. The van der Waals surface area contributed by atoms with E-state index in [-0.39, 0.29) is 11.5 Å². The first-order chi connectivity index (χ1) is 9.10. The number of nitrogens with one attached hydrogen (secondary N) is 2. The molecule has 19 heavy (non-hydrogen) atoms. The van der Waals surface area contributed by atoms with E-state index < -0.39 is 4.92 Å². The second kappa shape index (κ2) is 5.95. The number of hydrogen-bond donors (Lipinski definition) is 3. The van der Waals surface area contributed by atoms with E-state index in [1.54, 1.807) is 11.3 Å². The second-order valence-corrected chi connectivity index (χ2v) is 5.40. The maximum atomic E-state index is 10.8. The lowest BCUT2D eigenvalue weighted by Crippen LogP contribution is -2.10. The molecule has 2 rings (SSSR count). The highest BCUT2D eigenvalue weighted by molar-refractivity contribution is 9.10. The van der Waals surface area contributed by atoms with Crippen LogP contribution in [0.4, 0.5) is 17.3 Å². The van der Waals surface area contributed by atoms with Gasteiger partial charge in [0.15, 0.2) is 0 Å². The number of rotatable bonds is 5. The minimum absolute atomic E-state index is 0.0734. The summed E-state index contributed by atoms with van der Waals surface area (Å²) < 4.78 is 0.993. The summed E-state index contributed by atoms with van der Waals surface area (Å²) >= 11 is 4.99. The van der Waals surface area contributed by atoms with Crippen molar-refractivity contribution in [2.24, 2.45) is 5.84 Å². The van der Waals surface area contributed by atoms with E-state index in [1.165, 1.54) is 12.1 Å². The average molecular weight is 344 g/mol. The number of anilines is 2. The van der Waals surface area contributed by atoms with Crippen molar-refractivity contribution in [2.75, 3.05) is 10.7 Å². The zero-order valence-corrected chi connectivity index (χ0v) is 12.0. The van der Waals surface area contributed by atoms with E-state index in [2.05, 4.69) is 31.7 Å². The molecule has 2 heterocycles. The molecule has 0 aliphatic rings. The van der Waals surface area contributed by atoms with Crippen LogP contribution < -0.4 is 16.6 Å². The number of nitrogens with zero attached hydrogens (tertiary/aromatic N) is 2. The quantitative estimate of drug-likeness (QED) is 0.437. The topological polar surface area (TPSA) is 106 Å². The van der Waals surface area contributed by atoms with Crippen molar-refractivity contribution in [1.82, 2.24) is 4.98 Å². The summed E-state index contributed by atoms with van der Waals surface area (Å²) in [5.41, 5.74) is 2.23. The monoisotopic (exact) mass is 343 g/mol. The Labute approximate surface area is 121 Å². The van der Waals surface area contributed by atoms with E-state index in [0.29, 0.717) is 12.4 Å². The van der Waals surface area contributed by atoms with E-state index in [4.69, 9.17) is 5.84 Å². The number of pyridine rings is 1. The first kappa shape index (κ1) is 13.7. The van der Waals surface area contributed by atoms with Gasteiger partial charge in [-0.25, -0.2) is 10.8 Å². The van der Waals surface area contributed by atoms with Crippen LogP contribution in [-0.4, -0.2) is 9.91 Å². The van der Waals surface area contributed by atoms with E-state index in [0.717, 1.165) is 9.35 Å². The van der Waals surface area contributed by atoms with Crippen LogP contribution in [0.1, 0.15) is 4.88 Å². The molecule has 0 unspecified atom stereocenters. The smallest absolute Gasteiger partial charge is 0.276 e. The highest BCUT2D eigenvalue weighted by atomic mass is 79.9. The van der Waals surface area contributed by atoms with Crippen LogP contribution >= 0.6 is 27.3 Å². The van der Waals surface area contributed by atoms with Gasteiger partial charge in [-0.05, 0) is 27.4 Å². The van der Waals surface area contributed by atoms with Gasteiger partial charge in [0.05, 0.1) is 23.6 Å². The zero-order valence-electron chi connectivity index (χ0n) is 9.59. The highest BCUT2D eigenvalue weighted by Crippen LogP contribution is 2.25. The lowest BCUT2D eigenvalue weighted by Gasteiger charge is -2.07. The maximum Gasteiger partial charge on any atom is 0.276 e. The Morgan fingerprint density at radius 3 is 2.79 bits per heavy atom. The standard InChI is InChI=1S/C10H10BrN5O2S/c11-7-1-2-19-8(7)5-13-9-3-6(16(17)18)4-10(14-9)15-12/h1-4H,5,12H2,(H2,13,14,15). The molecule has 0 spiro atoms. The molecule has 0 saturated heterocycles. The Bertz CT molecular complexity index is 603. The predicted octanol–water partition coefficient (Wildman–Crippen LogP) is 2.71. The Morgan fingerprint density at radius 2 is 2.21 bits per heavy atom. The SMILES string of the molecule is NNc1cc([N+](=O)[O-])cc(NCc2sccc2Br)n1. The van der Waals surface area contributed by atoms with Gasteiger partial charge in [-0.2, -0.15) is 0 Å². The van der Waals surface area contributed by atoms with Crippen molar-refractivity contribution in [1.29, 1.82) is 0 Å². The first-order valence-electron chi connectivity index (χ1n) is 5.19. The Kier molecular flexibility index (Phi) is 4.30. The molecule has 7 nitrogen and oxygen atoms in total. The summed E-state index contributed by atoms with van der Waals surface area (Å²) in [5, 5.41) is 15.8. The van der Waals surface area contributed by atoms with Crippen LogP contribution in [0.15, 0.2) is 28.1 Å². The lowest BCUT2D eigenvalue weighted by atomic mass is 10.3. The van der Waals surface area contributed by atoms with E-state index >= 15 is 0 Å². The van der Waals surface area contributed by atoms with E-state index in [1.807, 2.05) is 11.4 Å². The van der Waals surface area contributed by atoms with Crippen LogP contribution in [0.25, 0.3) is 0 Å². The Balaban J connectivity index is 2.17. The molecule has 0 saturated carbocycles. The Hall–Kier alpha value is -1.71. The fourth-order valence-corrected chi connectivity index (χ4v) is 2.84. The van der Waals surface area contributed by atoms with Crippen LogP contribution in [0.2, 0.25) is 0 Å². The third-order valence-electron chi connectivity index (χ3n) is 2.29. The number of nitrogen functional groups attached to an aromatic ring is 1. The third kappa shape index (κ3) is 3.40. The minimum Gasteiger partial charge on any atom is -0.365 e. The van der Waals surface area contributed by atoms with Crippen molar-refractivity contribution < 1.29 is 4.92 Å². The molecular formula is C10H10BrN5O2S. The average Bonchev–Trinajstić information content (AvgIpc) is 2.81. The maximum absolute atomic E-state index is 10.8. The van der Waals surface area contributed by atoms with Crippen molar-refractivity contribution in [2.45, 2.75) is 6.54 Å². The summed E-state index contributed by atoms with van der Waals surface area (Å²) in [4.78, 5) is 15.5. The van der Waals surface area contributed by atoms with Crippen molar-refractivity contribution >= 4 is 44.6 Å². The molecule has 9 heteroatoms. The van der Waals surface area contributed by atoms with Gasteiger partial charge in [0.25, 0.3) is 5.69 Å². The fourth-order valence-electron chi connectivity index (χ4n) is 1.41. The number of aromatic nitrogens is 1. The number of nitro groups is 1. The van der Waals surface area contributed by atoms with Crippen molar-refractivity contribution in [3.8, 4) is 0 Å². The molecular weight excluding hydrogens is 334 g/mol. The van der Waals surface area contributed by atoms with Gasteiger partial charge in [-0.15, -0.1) is 11.3 Å². The molecule has 0 aliphatic heterocycles. The molecule has 0 fully saturated rings. The molecule has 100 valence electrons. The van der Waals surface area contributed by atoms with Gasteiger partial charge in [0, 0.05) is 9.35 Å². The largest absolute Gasteiger partial charge is 0.365 e. The lowest BCUT2D eigenvalue weighted by molar-refractivity contribution is -0.384. The number of hydrogen-bond acceptors (Lipinski definition) is 7. The second-order valence-electron chi connectivity index (χ2n) is 3.54. The van der Waals surface area contributed by atoms with Crippen LogP contribution in [0, 0.1) is 10.1 Å². The molecule has 0 amide bonds. The summed E-state index contributed by atoms with van der Waals surface area (Å²) in [6.45, 7) is 0.524. The van der Waals surface area contributed by atoms with Crippen molar-refractivity contribution in [3.63, 3.8) is 0 Å². The third-order valence-corrected chi connectivity index (χ3v) is 4.22. The number of hydrazine groups is 1. The van der Waals surface area contributed by atoms with Gasteiger partial charge < -0.3 is 10.7 Å². The Morgan fingerprint density at radius 1 is 1.47 bits per heavy atom.